The Hall–Kier alpha value is -1.44. The number of rotatable bonds is 4. The van der Waals surface area contributed by atoms with Crippen molar-refractivity contribution < 1.29 is 18.5 Å². The molecule has 1 N–H and O–H groups in total. The second-order valence-corrected chi connectivity index (χ2v) is 7.13. The molecule has 1 amide bonds. The number of hydrogen-bond acceptors (Lipinski definition) is 4. The largest absolute Gasteiger partial charge is 0.492 e. The fraction of sp³-hybridized carbons (Fsp3) is 0.500. The molecule has 2 rings (SSSR count). The van der Waals surface area contributed by atoms with Crippen LogP contribution in [-0.2, 0) is 14.1 Å². The Labute approximate surface area is 146 Å². The van der Waals surface area contributed by atoms with Crippen LogP contribution in [0.25, 0.3) is 6.08 Å². The molecule has 0 aromatic carbocycles. The number of pyridine rings is 1. The van der Waals surface area contributed by atoms with Crippen molar-refractivity contribution in [3.8, 4) is 0 Å². The van der Waals surface area contributed by atoms with Crippen molar-refractivity contribution in [2.45, 2.75) is 45.8 Å². The van der Waals surface area contributed by atoms with Gasteiger partial charge in [-0.15, -0.1) is 0 Å². The molecule has 0 spiro atoms. The highest BCUT2D eigenvalue weighted by Gasteiger charge is 2.52. The Morgan fingerprint density at radius 1 is 1.38 bits per heavy atom. The summed E-state index contributed by atoms with van der Waals surface area (Å²) in [6.45, 7) is 9.27. The van der Waals surface area contributed by atoms with E-state index in [9.17, 15) is 9.18 Å². The molecule has 2 heterocycles. The lowest BCUT2D eigenvalue weighted by molar-refractivity contribution is -0.118. The molecule has 1 fully saturated rings. The predicted molar refractivity (Wildman–Crippen MR) is 91.9 cm³/mol. The van der Waals surface area contributed by atoms with Gasteiger partial charge in [-0.2, -0.15) is 0 Å². The fourth-order valence-electron chi connectivity index (χ4n) is 2.16. The van der Waals surface area contributed by atoms with E-state index in [1.165, 1.54) is 13.0 Å². The molecule has 1 aliphatic heterocycles. The lowest BCUT2D eigenvalue weighted by Gasteiger charge is -2.32. The minimum absolute atomic E-state index is 0.172. The van der Waals surface area contributed by atoms with Crippen molar-refractivity contribution in [1.82, 2.24) is 10.3 Å². The Kier molecular flexibility index (Phi) is 5.37. The van der Waals surface area contributed by atoms with Gasteiger partial charge in [0.2, 0.25) is 5.91 Å². The highest BCUT2D eigenvalue weighted by atomic mass is 35.5. The van der Waals surface area contributed by atoms with Crippen LogP contribution in [0.15, 0.2) is 17.7 Å². The number of halogens is 2. The van der Waals surface area contributed by atoms with Crippen LogP contribution in [0.4, 0.5) is 4.39 Å². The second-order valence-electron chi connectivity index (χ2n) is 6.75. The number of carbonyl (C=O) groups is 1. The smallest absolute Gasteiger partial charge is 0.400 e. The Morgan fingerprint density at radius 2 is 1.96 bits per heavy atom. The highest BCUT2D eigenvalue weighted by molar-refractivity contribution is 6.56. The van der Waals surface area contributed by atoms with Crippen molar-refractivity contribution in [2.75, 3.05) is 6.54 Å². The lowest BCUT2D eigenvalue weighted by Crippen LogP contribution is -2.41. The molecule has 1 aromatic heterocycles. The summed E-state index contributed by atoms with van der Waals surface area (Å²) in [5, 5.41) is 2.87. The summed E-state index contributed by atoms with van der Waals surface area (Å²) in [7, 11) is -0.701. The average molecular weight is 355 g/mol. The maximum Gasteiger partial charge on any atom is 0.492 e. The summed E-state index contributed by atoms with van der Waals surface area (Å²) in [6.07, 6.45) is 2.62. The number of carbonyl (C=O) groups excluding carboxylic acids is 1. The minimum atomic E-state index is -0.701. The number of aromatic nitrogens is 1. The molecule has 24 heavy (non-hydrogen) atoms. The second kappa shape index (κ2) is 6.82. The van der Waals surface area contributed by atoms with Crippen molar-refractivity contribution in [1.29, 1.82) is 0 Å². The van der Waals surface area contributed by atoms with Crippen LogP contribution in [0.5, 0.6) is 0 Å². The predicted octanol–water partition coefficient (Wildman–Crippen LogP) is 3.03. The lowest BCUT2D eigenvalue weighted by atomic mass is 9.77. The van der Waals surface area contributed by atoms with Gasteiger partial charge in [-0.05, 0) is 39.2 Å². The molecule has 0 aliphatic carbocycles. The van der Waals surface area contributed by atoms with Crippen LogP contribution in [0.1, 0.15) is 40.2 Å². The van der Waals surface area contributed by atoms with E-state index >= 15 is 0 Å². The van der Waals surface area contributed by atoms with Crippen molar-refractivity contribution >= 4 is 30.7 Å². The van der Waals surface area contributed by atoms with Gasteiger partial charge >= 0.3 is 7.12 Å². The number of amides is 1. The van der Waals surface area contributed by atoms with E-state index < -0.39 is 24.1 Å². The van der Waals surface area contributed by atoms with Crippen LogP contribution in [-0.4, -0.2) is 35.8 Å². The van der Waals surface area contributed by atoms with Gasteiger partial charge in [0.15, 0.2) is 0 Å². The fourth-order valence-corrected chi connectivity index (χ4v) is 2.33. The zero-order valence-electron chi connectivity index (χ0n) is 14.4. The summed E-state index contributed by atoms with van der Waals surface area (Å²) in [5.74, 6) is -0.720. The molecule has 1 saturated heterocycles. The van der Waals surface area contributed by atoms with Gasteiger partial charge in [-0.3, -0.25) is 4.79 Å². The maximum atomic E-state index is 14.0. The first-order chi connectivity index (χ1) is 11.0. The number of nitrogens with zero attached hydrogens (tertiary/aromatic N) is 1. The standard InChI is InChI=1S/C16H21BClFN2O3/c1-10(22)20-8-12(6-11-7-14(18)21-9-13(11)19)17-23-15(2,3)16(4,5)24-17/h6-7,9H,8H2,1-5H3,(H,20,22). The SMILES string of the molecule is CC(=O)NCC(=Cc1cc(Cl)ncc1F)B1OC(C)(C)C(C)(C)O1. The minimum Gasteiger partial charge on any atom is -0.400 e. The molecule has 0 bridgehead atoms. The Balaban J connectivity index is 2.37. The molecule has 0 radical (unpaired) electrons. The summed E-state index contributed by atoms with van der Waals surface area (Å²) in [5.41, 5.74) is -0.238. The summed E-state index contributed by atoms with van der Waals surface area (Å²) < 4.78 is 26.0. The van der Waals surface area contributed by atoms with Crippen LogP contribution in [0, 0.1) is 5.82 Å². The van der Waals surface area contributed by atoms with Crippen LogP contribution in [0.2, 0.25) is 5.15 Å². The molecule has 1 aliphatic rings. The summed E-state index contributed by atoms with van der Waals surface area (Å²) in [4.78, 5) is 15.0. The molecular weight excluding hydrogens is 333 g/mol. The van der Waals surface area contributed by atoms with Crippen molar-refractivity contribution in [3.63, 3.8) is 0 Å². The topological polar surface area (TPSA) is 60.5 Å². The molecule has 130 valence electrons. The van der Waals surface area contributed by atoms with Crippen molar-refractivity contribution in [2.24, 2.45) is 0 Å². The van der Waals surface area contributed by atoms with E-state index in [-0.39, 0.29) is 23.2 Å². The first-order valence-corrected chi connectivity index (χ1v) is 8.01. The van der Waals surface area contributed by atoms with E-state index in [1.54, 1.807) is 6.08 Å². The van der Waals surface area contributed by atoms with E-state index in [0.717, 1.165) is 6.20 Å². The molecule has 0 atom stereocenters. The van der Waals surface area contributed by atoms with Crippen molar-refractivity contribution in [3.05, 3.63) is 34.3 Å². The van der Waals surface area contributed by atoms with Gasteiger partial charge in [-0.25, -0.2) is 9.37 Å². The first-order valence-electron chi connectivity index (χ1n) is 7.63. The van der Waals surface area contributed by atoms with Crippen LogP contribution >= 0.6 is 11.6 Å². The Bertz CT molecular complexity index is 663. The monoisotopic (exact) mass is 354 g/mol. The third-order valence-corrected chi connectivity index (χ3v) is 4.50. The highest BCUT2D eigenvalue weighted by Crippen LogP contribution is 2.38. The molecule has 1 aromatic rings. The molecule has 8 heteroatoms. The van der Waals surface area contributed by atoms with Gasteiger partial charge in [0.25, 0.3) is 0 Å². The van der Waals surface area contributed by atoms with Crippen LogP contribution in [0.3, 0.4) is 0 Å². The van der Waals surface area contributed by atoms with Gasteiger partial charge in [0, 0.05) is 19.0 Å². The zero-order chi connectivity index (χ0) is 18.1. The van der Waals surface area contributed by atoms with E-state index in [0.29, 0.717) is 5.47 Å². The molecular formula is C16H21BClFN2O3. The van der Waals surface area contributed by atoms with Crippen LogP contribution < -0.4 is 5.32 Å². The van der Waals surface area contributed by atoms with Gasteiger partial charge in [0.1, 0.15) is 11.0 Å². The molecule has 0 unspecified atom stereocenters. The average Bonchev–Trinajstić information content (AvgIpc) is 2.66. The molecule has 0 saturated carbocycles. The normalized spacial score (nSPS) is 19.5. The maximum absolute atomic E-state index is 14.0. The molecule has 5 nitrogen and oxygen atoms in total. The van der Waals surface area contributed by atoms with E-state index in [2.05, 4.69) is 10.3 Å². The van der Waals surface area contributed by atoms with Gasteiger partial charge in [0.05, 0.1) is 17.4 Å². The van der Waals surface area contributed by atoms with E-state index in [1.807, 2.05) is 27.7 Å². The quantitative estimate of drug-likeness (QED) is 0.667. The van der Waals surface area contributed by atoms with Gasteiger partial charge in [-0.1, -0.05) is 17.7 Å². The first kappa shape index (κ1) is 18.9. The Morgan fingerprint density at radius 3 is 2.50 bits per heavy atom. The number of nitrogens with one attached hydrogen (secondary N) is 1. The summed E-state index contributed by atoms with van der Waals surface area (Å²) >= 11 is 5.84. The van der Waals surface area contributed by atoms with Gasteiger partial charge < -0.3 is 14.6 Å². The number of hydrogen-bond donors (Lipinski definition) is 1. The summed E-state index contributed by atoms with van der Waals surface area (Å²) in [6, 6.07) is 1.41. The third kappa shape index (κ3) is 4.15. The third-order valence-electron chi connectivity index (χ3n) is 4.29. The zero-order valence-corrected chi connectivity index (χ0v) is 15.2. The van der Waals surface area contributed by atoms with E-state index in [4.69, 9.17) is 20.9 Å².